The van der Waals surface area contributed by atoms with Gasteiger partial charge in [0, 0.05) is 17.5 Å². The molecule has 9 nitrogen and oxygen atoms in total. The van der Waals surface area contributed by atoms with Gasteiger partial charge < -0.3 is 30.5 Å². The lowest BCUT2D eigenvalue weighted by Gasteiger charge is -2.53. The SMILES string of the molecule is CCCCCCCCCCC1(N(C(N)=O)C2(C(CNC(=O)C3OC(C)(C)OCC3(C)C)C(=O)O)CCCC2)CCCC1. The number of hydrogen-bond acceptors (Lipinski definition) is 5. The summed E-state index contributed by atoms with van der Waals surface area (Å²) in [6, 6.07) is -0.522. The first kappa shape index (κ1) is 34.6. The number of amides is 3. The van der Waals surface area contributed by atoms with Gasteiger partial charge in [0.05, 0.1) is 18.1 Å². The van der Waals surface area contributed by atoms with Crippen molar-refractivity contribution in [3.63, 3.8) is 0 Å². The molecule has 3 rings (SSSR count). The molecule has 2 saturated carbocycles. The first-order chi connectivity index (χ1) is 19.8. The van der Waals surface area contributed by atoms with E-state index in [2.05, 4.69) is 12.2 Å². The minimum atomic E-state index is -1.00. The Bertz CT molecular complexity index is 907. The predicted octanol–water partition coefficient (Wildman–Crippen LogP) is 6.52. The first-order valence-electron chi connectivity index (χ1n) is 16.7. The van der Waals surface area contributed by atoms with Gasteiger partial charge in [-0.15, -0.1) is 0 Å². The van der Waals surface area contributed by atoms with Crippen LogP contribution in [-0.4, -0.2) is 64.0 Å². The molecule has 3 amide bonds. The van der Waals surface area contributed by atoms with Crippen molar-refractivity contribution < 1.29 is 29.0 Å². The molecule has 42 heavy (non-hydrogen) atoms. The molecule has 0 spiro atoms. The summed E-state index contributed by atoms with van der Waals surface area (Å²) >= 11 is 0. The van der Waals surface area contributed by atoms with E-state index in [1.807, 2.05) is 18.7 Å². The number of nitrogens with zero attached hydrogens (tertiary/aromatic N) is 1. The lowest BCUT2D eigenvalue weighted by molar-refractivity contribution is -0.304. The van der Waals surface area contributed by atoms with Gasteiger partial charge in [-0.05, 0) is 46.0 Å². The number of carboxylic acids is 1. The summed E-state index contributed by atoms with van der Waals surface area (Å²) in [6.45, 7) is 9.85. The van der Waals surface area contributed by atoms with Crippen LogP contribution in [0.3, 0.4) is 0 Å². The number of carbonyl (C=O) groups is 3. The van der Waals surface area contributed by atoms with Gasteiger partial charge in [-0.25, -0.2) is 4.79 Å². The third-order valence-corrected chi connectivity index (χ3v) is 10.2. The zero-order chi connectivity index (χ0) is 31.0. The molecule has 0 radical (unpaired) electrons. The van der Waals surface area contributed by atoms with Crippen molar-refractivity contribution in [3.05, 3.63) is 0 Å². The van der Waals surface area contributed by atoms with E-state index >= 15 is 0 Å². The number of hydrogen-bond donors (Lipinski definition) is 3. The summed E-state index contributed by atoms with van der Waals surface area (Å²) in [5, 5.41) is 13.5. The van der Waals surface area contributed by atoms with E-state index < -0.39 is 46.3 Å². The number of unbranched alkanes of at least 4 members (excludes halogenated alkanes) is 7. The molecule has 4 N–H and O–H groups in total. The Labute approximate surface area is 254 Å². The van der Waals surface area contributed by atoms with Gasteiger partial charge in [0.25, 0.3) is 0 Å². The normalized spacial score (nSPS) is 24.6. The molecule has 9 heteroatoms. The van der Waals surface area contributed by atoms with Crippen molar-refractivity contribution in [2.75, 3.05) is 13.2 Å². The van der Waals surface area contributed by atoms with E-state index in [1.165, 1.54) is 38.5 Å². The zero-order valence-electron chi connectivity index (χ0n) is 27.1. The van der Waals surface area contributed by atoms with Crippen LogP contribution >= 0.6 is 0 Å². The van der Waals surface area contributed by atoms with Gasteiger partial charge in [0.1, 0.15) is 6.10 Å². The Morgan fingerprint density at radius 3 is 2.00 bits per heavy atom. The fourth-order valence-electron chi connectivity index (χ4n) is 7.97. The highest BCUT2D eigenvalue weighted by Crippen LogP contribution is 2.50. The van der Waals surface area contributed by atoms with Crippen molar-refractivity contribution in [1.82, 2.24) is 10.2 Å². The quantitative estimate of drug-likeness (QED) is 0.175. The monoisotopic (exact) mass is 593 g/mol. The summed E-state index contributed by atoms with van der Waals surface area (Å²) in [5.41, 5.74) is 4.28. The predicted molar refractivity (Wildman–Crippen MR) is 164 cm³/mol. The van der Waals surface area contributed by atoms with Gasteiger partial charge in [0.2, 0.25) is 5.91 Å². The minimum Gasteiger partial charge on any atom is -0.481 e. The fourth-order valence-corrected chi connectivity index (χ4v) is 7.97. The highest BCUT2D eigenvalue weighted by molar-refractivity contribution is 5.83. The number of rotatable bonds is 16. The van der Waals surface area contributed by atoms with Crippen LogP contribution in [0.15, 0.2) is 0 Å². The molecule has 0 aromatic rings. The molecule has 3 aliphatic rings. The second kappa shape index (κ2) is 14.7. The number of aliphatic carboxylic acids is 1. The minimum absolute atomic E-state index is 0.0803. The van der Waals surface area contributed by atoms with Crippen molar-refractivity contribution >= 4 is 17.9 Å². The van der Waals surface area contributed by atoms with Crippen molar-refractivity contribution in [1.29, 1.82) is 0 Å². The summed E-state index contributed by atoms with van der Waals surface area (Å²) in [7, 11) is 0. The summed E-state index contributed by atoms with van der Waals surface area (Å²) < 4.78 is 11.8. The van der Waals surface area contributed by atoms with E-state index in [1.54, 1.807) is 13.8 Å². The zero-order valence-corrected chi connectivity index (χ0v) is 27.1. The molecule has 1 saturated heterocycles. The molecule has 1 heterocycles. The van der Waals surface area contributed by atoms with E-state index in [-0.39, 0.29) is 12.5 Å². The van der Waals surface area contributed by atoms with E-state index in [0.29, 0.717) is 19.4 Å². The second-order valence-corrected chi connectivity index (χ2v) is 14.5. The van der Waals surface area contributed by atoms with Crippen LogP contribution in [0.25, 0.3) is 0 Å². The molecule has 2 unspecified atom stereocenters. The molecule has 2 aliphatic carbocycles. The van der Waals surface area contributed by atoms with Crippen LogP contribution in [0.5, 0.6) is 0 Å². The molecule has 0 bridgehead atoms. The van der Waals surface area contributed by atoms with Crippen LogP contribution in [0.2, 0.25) is 0 Å². The Balaban J connectivity index is 1.79. The third-order valence-electron chi connectivity index (χ3n) is 10.2. The molecular formula is C33H59N3O6. The van der Waals surface area contributed by atoms with Gasteiger partial charge in [-0.3, -0.25) is 9.59 Å². The number of nitrogens with one attached hydrogen (secondary N) is 1. The Hall–Kier alpha value is -1.87. The largest absolute Gasteiger partial charge is 0.481 e. The Morgan fingerprint density at radius 2 is 1.45 bits per heavy atom. The molecule has 1 aliphatic heterocycles. The lowest BCUT2D eigenvalue weighted by atomic mass is 9.75. The first-order valence-corrected chi connectivity index (χ1v) is 16.7. The standard InChI is InChI=1S/C33H59N3O6/c1-6-7-8-9-10-11-12-13-18-32(19-14-15-20-32)36(29(34)40)33(21-16-17-22-33)25(28(38)39)23-35-27(37)26-30(2,3)24-41-31(4,5)42-26/h25-26H,6-24H2,1-5H3,(H2,34,40)(H,35,37)(H,38,39). The van der Waals surface area contributed by atoms with Crippen molar-refractivity contribution in [2.24, 2.45) is 17.1 Å². The molecular weight excluding hydrogens is 534 g/mol. The highest BCUT2D eigenvalue weighted by atomic mass is 16.7. The number of carboxylic acid groups (broad SMARTS) is 1. The average molecular weight is 594 g/mol. The van der Waals surface area contributed by atoms with E-state index in [9.17, 15) is 19.5 Å². The van der Waals surface area contributed by atoms with Gasteiger partial charge in [0.15, 0.2) is 5.79 Å². The smallest absolute Gasteiger partial charge is 0.315 e. The van der Waals surface area contributed by atoms with Crippen LogP contribution in [0.1, 0.15) is 144 Å². The number of nitrogens with two attached hydrogens (primary N) is 1. The van der Waals surface area contributed by atoms with Crippen molar-refractivity contribution in [2.45, 2.75) is 167 Å². The maximum atomic E-state index is 13.5. The molecule has 3 fully saturated rings. The lowest BCUT2D eigenvalue weighted by Crippen LogP contribution is -2.68. The maximum absolute atomic E-state index is 13.5. The van der Waals surface area contributed by atoms with Crippen LogP contribution in [0, 0.1) is 11.3 Å². The van der Waals surface area contributed by atoms with Gasteiger partial charge in [-0.2, -0.15) is 0 Å². The van der Waals surface area contributed by atoms with Crippen LogP contribution in [0.4, 0.5) is 4.79 Å². The van der Waals surface area contributed by atoms with E-state index in [0.717, 1.165) is 57.8 Å². The molecule has 242 valence electrons. The van der Waals surface area contributed by atoms with Crippen LogP contribution < -0.4 is 11.1 Å². The van der Waals surface area contributed by atoms with Crippen molar-refractivity contribution in [3.8, 4) is 0 Å². The van der Waals surface area contributed by atoms with Crippen LogP contribution in [-0.2, 0) is 19.1 Å². The second-order valence-electron chi connectivity index (χ2n) is 14.5. The Kier molecular flexibility index (Phi) is 12.1. The summed E-state index contributed by atoms with van der Waals surface area (Å²) in [4.78, 5) is 41.7. The fraction of sp³-hybridized carbons (Fsp3) is 0.909. The van der Waals surface area contributed by atoms with E-state index in [4.69, 9.17) is 15.2 Å². The third kappa shape index (κ3) is 8.19. The topological polar surface area (TPSA) is 131 Å². The average Bonchev–Trinajstić information content (AvgIpc) is 3.58. The summed E-state index contributed by atoms with van der Waals surface area (Å²) in [5.74, 6) is -3.24. The molecule has 0 aromatic carbocycles. The number of urea groups is 1. The maximum Gasteiger partial charge on any atom is 0.315 e. The molecule has 2 atom stereocenters. The number of carbonyl (C=O) groups excluding carboxylic acids is 2. The Morgan fingerprint density at radius 1 is 0.905 bits per heavy atom. The summed E-state index contributed by atoms with van der Waals surface area (Å²) in [6.07, 6.45) is 16.3. The van der Waals surface area contributed by atoms with Gasteiger partial charge in [-0.1, -0.05) is 97.8 Å². The highest BCUT2D eigenvalue weighted by Gasteiger charge is 2.58. The number of primary amides is 1. The van der Waals surface area contributed by atoms with Gasteiger partial charge >= 0.3 is 12.0 Å². The number of ether oxygens (including phenoxy) is 2. The molecule has 0 aromatic heterocycles.